The van der Waals surface area contributed by atoms with E-state index in [-0.39, 0.29) is 12.2 Å². The van der Waals surface area contributed by atoms with Crippen LogP contribution in [0.25, 0.3) is 10.9 Å². The molecule has 2 heterocycles. The molecule has 2 N–H and O–H groups in total. The minimum absolute atomic E-state index is 0.204. The van der Waals surface area contributed by atoms with Gasteiger partial charge in [-0.25, -0.2) is 18.7 Å². The molecular weight excluding hydrogens is 514 g/mol. The normalized spacial score (nSPS) is 10.8. The summed E-state index contributed by atoms with van der Waals surface area (Å²) in [6.45, 7) is 0.265. The molecule has 0 fully saturated rings. The number of hydrogen-bond donors (Lipinski definition) is 2. The number of carbonyl (C=O) groups is 1. The second-order valence-corrected chi connectivity index (χ2v) is 7.77. The summed E-state index contributed by atoms with van der Waals surface area (Å²) in [6, 6.07) is 7.09. The topological polar surface area (TPSA) is 103 Å². The molecule has 12 heteroatoms. The van der Waals surface area contributed by atoms with Gasteiger partial charge in [-0.15, -0.1) is 0 Å². The number of nitrogens with zero attached hydrogens (tertiary/aromatic N) is 4. The number of methoxy groups -OCH3 is 1. The van der Waals surface area contributed by atoms with E-state index in [1.54, 1.807) is 25.4 Å². The van der Waals surface area contributed by atoms with E-state index in [1.807, 2.05) is 0 Å². The maximum Gasteiger partial charge on any atom is 0.246 e. The summed E-state index contributed by atoms with van der Waals surface area (Å²) in [5.74, 6) is -1.13. The van der Waals surface area contributed by atoms with Crippen LogP contribution in [0.3, 0.4) is 0 Å². The van der Waals surface area contributed by atoms with E-state index in [0.717, 1.165) is 6.07 Å². The van der Waals surface area contributed by atoms with E-state index in [2.05, 4.69) is 41.6 Å². The van der Waals surface area contributed by atoms with Gasteiger partial charge in [0, 0.05) is 23.0 Å². The van der Waals surface area contributed by atoms with Gasteiger partial charge in [0.15, 0.2) is 23.1 Å². The largest absolute Gasteiger partial charge is 0.493 e. The number of amides is 1. The number of anilines is 3. The highest BCUT2D eigenvalue weighted by Crippen LogP contribution is 2.34. The quantitative estimate of drug-likeness (QED) is 0.310. The Kier molecular flexibility index (Phi) is 7.16. The van der Waals surface area contributed by atoms with Crippen molar-refractivity contribution in [3.8, 4) is 11.5 Å². The van der Waals surface area contributed by atoms with Crippen molar-refractivity contribution in [2.24, 2.45) is 0 Å². The fraction of sp³-hybridized carbons (Fsp3) is 0.182. The zero-order chi connectivity index (χ0) is 24.1. The number of carbonyl (C=O) groups excluding carboxylic acids is 1. The predicted molar refractivity (Wildman–Crippen MR) is 126 cm³/mol. The number of hydrogen-bond acceptors (Lipinski definition) is 7. The average molecular weight is 533 g/mol. The Hall–Kier alpha value is -3.80. The zero-order valence-corrected chi connectivity index (χ0v) is 19.5. The number of aromatic nitrogens is 4. The van der Waals surface area contributed by atoms with Crippen LogP contribution in [0.15, 0.2) is 49.1 Å². The Labute approximate surface area is 201 Å². The molecule has 2 aromatic heterocycles. The van der Waals surface area contributed by atoms with Gasteiger partial charge >= 0.3 is 0 Å². The summed E-state index contributed by atoms with van der Waals surface area (Å²) in [5.41, 5.74) is 0.964. The SMILES string of the molecule is COc1cc2c(Nc3cnn(CC(=O)Nc4cccc(F)c4F)c3)ncnc2cc1OCCBr. The zero-order valence-electron chi connectivity index (χ0n) is 17.9. The lowest BCUT2D eigenvalue weighted by molar-refractivity contribution is -0.116. The van der Waals surface area contributed by atoms with Crippen LogP contribution in [0.4, 0.5) is 26.0 Å². The van der Waals surface area contributed by atoms with E-state index in [1.165, 1.54) is 29.3 Å². The fourth-order valence-corrected chi connectivity index (χ4v) is 3.33. The van der Waals surface area contributed by atoms with Gasteiger partial charge in [0.05, 0.1) is 36.8 Å². The third-order valence-electron chi connectivity index (χ3n) is 4.68. The fourth-order valence-electron chi connectivity index (χ4n) is 3.17. The van der Waals surface area contributed by atoms with Gasteiger partial charge in [0.25, 0.3) is 0 Å². The summed E-state index contributed by atoms with van der Waals surface area (Å²) in [7, 11) is 1.55. The summed E-state index contributed by atoms with van der Waals surface area (Å²) < 4.78 is 39.6. The highest BCUT2D eigenvalue weighted by Gasteiger charge is 2.14. The van der Waals surface area contributed by atoms with Crippen molar-refractivity contribution in [2.45, 2.75) is 6.54 Å². The molecule has 1 amide bonds. The maximum atomic E-state index is 13.8. The van der Waals surface area contributed by atoms with Crippen LogP contribution in [0.2, 0.25) is 0 Å². The number of ether oxygens (including phenoxy) is 2. The molecule has 4 rings (SSSR count). The second kappa shape index (κ2) is 10.4. The summed E-state index contributed by atoms with van der Waals surface area (Å²) in [5, 5.41) is 11.0. The van der Waals surface area contributed by atoms with Gasteiger partial charge in [-0.3, -0.25) is 9.48 Å². The molecule has 176 valence electrons. The third-order valence-corrected chi connectivity index (χ3v) is 5.01. The lowest BCUT2D eigenvalue weighted by Crippen LogP contribution is -2.19. The van der Waals surface area contributed by atoms with Crippen LogP contribution in [-0.4, -0.2) is 44.7 Å². The molecule has 2 aromatic carbocycles. The Morgan fingerprint density at radius 3 is 2.85 bits per heavy atom. The van der Waals surface area contributed by atoms with Gasteiger partial charge < -0.3 is 20.1 Å². The molecule has 0 spiro atoms. The maximum absolute atomic E-state index is 13.8. The highest BCUT2D eigenvalue weighted by molar-refractivity contribution is 9.09. The molecule has 0 aliphatic rings. The summed E-state index contributed by atoms with van der Waals surface area (Å²) in [4.78, 5) is 20.8. The molecule has 0 saturated carbocycles. The molecule has 0 atom stereocenters. The summed E-state index contributed by atoms with van der Waals surface area (Å²) >= 11 is 3.32. The molecular formula is C22H19BrF2N6O3. The molecule has 4 aromatic rings. The molecule has 0 saturated heterocycles. The Balaban J connectivity index is 1.49. The monoisotopic (exact) mass is 532 g/mol. The lowest BCUT2D eigenvalue weighted by atomic mass is 10.2. The van der Waals surface area contributed by atoms with Crippen molar-refractivity contribution in [1.82, 2.24) is 19.7 Å². The Morgan fingerprint density at radius 2 is 2.06 bits per heavy atom. The number of fused-ring (bicyclic) bond motifs is 1. The minimum atomic E-state index is -1.12. The van der Waals surface area contributed by atoms with Crippen LogP contribution in [0.5, 0.6) is 11.5 Å². The van der Waals surface area contributed by atoms with Crippen molar-refractivity contribution in [1.29, 1.82) is 0 Å². The number of halogens is 3. The average Bonchev–Trinajstić information content (AvgIpc) is 3.26. The van der Waals surface area contributed by atoms with Crippen molar-refractivity contribution >= 4 is 49.9 Å². The molecule has 0 unspecified atom stereocenters. The van der Waals surface area contributed by atoms with Crippen molar-refractivity contribution in [2.75, 3.05) is 29.7 Å². The first-order chi connectivity index (χ1) is 16.5. The van der Waals surface area contributed by atoms with Gasteiger partial charge in [-0.1, -0.05) is 22.0 Å². The molecule has 0 aliphatic heterocycles. The predicted octanol–water partition coefficient (Wildman–Crippen LogP) is 4.27. The van der Waals surface area contributed by atoms with E-state index in [9.17, 15) is 13.6 Å². The van der Waals surface area contributed by atoms with Gasteiger partial charge in [-0.2, -0.15) is 5.10 Å². The van der Waals surface area contributed by atoms with Crippen molar-refractivity contribution < 1.29 is 23.0 Å². The first kappa shape index (κ1) is 23.4. The van der Waals surface area contributed by atoms with Crippen molar-refractivity contribution in [3.05, 3.63) is 60.7 Å². The van der Waals surface area contributed by atoms with Crippen LogP contribution in [0.1, 0.15) is 0 Å². The highest BCUT2D eigenvalue weighted by atomic mass is 79.9. The van der Waals surface area contributed by atoms with E-state index >= 15 is 0 Å². The third kappa shape index (κ3) is 5.22. The van der Waals surface area contributed by atoms with Gasteiger partial charge in [0.1, 0.15) is 18.7 Å². The number of alkyl halides is 1. The van der Waals surface area contributed by atoms with Crippen LogP contribution in [-0.2, 0) is 11.3 Å². The Morgan fingerprint density at radius 1 is 1.21 bits per heavy atom. The van der Waals surface area contributed by atoms with Gasteiger partial charge in [-0.05, 0) is 18.2 Å². The molecule has 34 heavy (non-hydrogen) atoms. The first-order valence-electron chi connectivity index (χ1n) is 10.0. The standard InChI is InChI=1S/C22H19BrF2N6O3/c1-33-18-7-14-17(8-19(18)34-6-5-23)26-12-27-22(14)29-13-9-28-31(10-13)11-20(32)30-16-4-2-3-15(24)21(16)25/h2-4,7-10,12H,5-6,11H2,1H3,(H,30,32)(H,26,27,29). The van der Waals surface area contributed by atoms with Crippen LogP contribution in [0, 0.1) is 11.6 Å². The van der Waals surface area contributed by atoms with E-state index in [0.29, 0.717) is 45.8 Å². The molecule has 0 aliphatic carbocycles. The molecule has 0 bridgehead atoms. The van der Waals surface area contributed by atoms with Crippen molar-refractivity contribution in [3.63, 3.8) is 0 Å². The Bertz CT molecular complexity index is 1330. The van der Waals surface area contributed by atoms with E-state index < -0.39 is 17.5 Å². The van der Waals surface area contributed by atoms with Crippen LogP contribution < -0.4 is 20.1 Å². The second-order valence-electron chi connectivity index (χ2n) is 6.98. The minimum Gasteiger partial charge on any atom is -0.493 e. The number of benzene rings is 2. The smallest absolute Gasteiger partial charge is 0.246 e. The van der Waals surface area contributed by atoms with E-state index in [4.69, 9.17) is 9.47 Å². The summed E-state index contributed by atoms with van der Waals surface area (Å²) in [6.07, 6.45) is 4.51. The number of rotatable bonds is 9. The van der Waals surface area contributed by atoms with Gasteiger partial charge in [0.2, 0.25) is 5.91 Å². The molecule has 9 nitrogen and oxygen atoms in total. The van der Waals surface area contributed by atoms with Crippen LogP contribution >= 0.6 is 15.9 Å². The lowest BCUT2D eigenvalue weighted by Gasteiger charge is -2.12. The first-order valence-corrected chi connectivity index (χ1v) is 11.2. The number of nitrogens with one attached hydrogen (secondary N) is 2. The molecule has 0 radical (unpaired) electrons.